The van der Waals surface area contributed by atoms with Crippen LogP contribution in [-0.2, 0) is 4.79 Å². The molecular formula is C28H38N4O2S2. The molecule has 0 bridgehead atoms. The summed E-state index contributed by atoms with van der Waals surface area (Å²) in [6.45, 7) is 11.0. The number of thioether (sulfide) groups is 1. The average molecular weight is 527 g/mol. The van der Waals surface area contributed by atoms with Gasteiger partial charge in [0, 0.05) is 25.8 Å². The molecule has 2 aromatic rings. The molecule has 0 N–H and O–H groups in total. The van der Waals surface area contributed by atoms with Gasteiger partial charge in [-0.15, -0.1) is 0 Å². The summed E-state index contributed by atoms with van der Waals surface area (Å²) in [5, 5.41) is 0. The first-order valence-electron chi connectivity index (χ1n) is 13.3. The van der Waals surface area contributed by atoms with Crippen LogP contribution in [0.15, 0.2) is 28.0 Å². The van der Waals surface area contributed by atoms with E-state index < -0.39 is 0 Å². The summed E-state index contributed by atoms with van der Waals surface area (Å²) in [5.41, 5.74) is 1.94. The Morgan fingerprint density at radius 2 is 1.81 bits per heavy atom. The molecule has 0 spiro atoms. The molecule has 0 aliphatic carbocycles. The molecule has 0 radical (unpaired) electrons. The molecule has 2 aliphatic heterocycles. The number of nitrogens with zero attached hydrogens (tertiary/aromatic N) is 4. The third-order valence-electron chi connectivity index (χ3n) is 7.12. The van der Waals surface area contributed by atoms with Crippen LogP contribution in [0, 0.1) is 18.8 Å². The first kappa shape index (κ1) is 26.9. The van der Waals surface area contributed by atoms with Gasteiger partial charge in [-0.25, -0.2) is 4.98 Å². The fourth-order valence-corrected chi connectivity index (χ4v) is 6.67. The Morgan fingerprint density at radius 1 is 1.11 bits per heavy atom. The minimum atomic E-state index is -0.147. The molecule has 2 aromatic heterocycles. The van der Waals surface area contributed by atoms with E-state index in [1.807, 2.05) is 19.1 Å². The van der Waals surface area contributed by atoms with Crippen LogP contribution in [0.5, 0.6) is 0 Å². The Hall–Kier alpha value is -2.19. The maximum atomic E-state index is 13.7. The minimum Gasteiger partial charge on any atom is -0.355 e. The maximum absolute atomic E-state index is 13.7. The molecule has 0 aromatic carbocycles. The van der Waals surface area contributed by atoms with Crippen molar-refractivity contribution in [3.63, 3.8) is 0 Å². The molecule has 8 heteroatoms. The Labute approximate surface area is 224 Å². The predicted molar refractivity (Wildman–Crippen MR) is 155 cm³/mol. The van der Waals surface area contributed by atoms with Crippen LogP contribution >= 0.6 is 24.0 Å². The van der Waals surface area contributed by atoms with E-state index in [2.05, 4.69) is 25.7 Å². The van der Waals surface area contributed by atoms with Crippen LogP contribution in [0.25, 0.3) is 11.7 Å². The SMILES string of the molecule is CCCCCCCCN1C(=O)/C(=C/c2c(N3C[C@@H](C)C[C@H](C)C3)nc3c(C)cccn3c2=O)SC1=S. The summed E-state index contributed by atoms with van der Waals surface area (Å²) in [5.74, 6) is 1.59. The topological polar surface area (TPSA) is 57.9 Å². The molecule has 6 nitrogen and oxygen atoms in total. The summed E-state index contributed by atoms with van der Waals surface area (Å²) in [6, 6.07) is 3.83. The van der Waals surface area contributed by atoms with E-state index in [4.69, 9.17) is 17.2 Å². The number of carbonyl (C=O) groups is 1. The number of carbonyl (C=O) groups excluding carboxylic acids is 1. The zero-order valence-corrected chi connectivity index (χ0v) is 23.6. The highest BCUT2D eigenvalue weighted by atomic mass is 32.2. The first-order valence-corrected chi connectivity index (χ1v) is 14.5. The summed E-state index contributed by atoms with van der Waals surface area (Å²) < 4.78 is 2.17. The molecule has 2 atom stereocenters. The van der Waals surface area contributed by atoms with Crippen LogP contribution in [0.1, 0.15) is 76.8 Å². The van der Waals surface area contributed by atoms with Gasteiger partial charge in [-0.05, 0) is 49.3 Å². The number of aryl methyl sites for hydroxylation is 1. The smallest absolute Gasteiger partial charge is 0.267 e. The Bertz CT molecular complexity index is 1210. The largest absolute Gasteiger partial charge is 0.355 e. The Morgan fingerprint density at radius 3 is 2.53 bits per heavy atom. The van der Waals surface area contributed by atoms with Crippen LogP contribution in [0.3, 0.4) is 0 Å². The standard InChI is InChI=1S/C28H38N4O2S2/c1-5-6-7-8-9-10-13-32-27(34)23(36-28(32)35)16-22-25(30-17-19(2)15-20(3)18-30)29-24-21(4)12-11-14-31(24)26(22)33/h11-12,14,16,19-20H,5-10,13,15,17-18H2,1-4H3/b23-16-/t19-,20-/m0/s1. The number of fused-ring (bicyclic) bond motifs is 1. The molecule has 0 unspecified atom stereocenters. The highest BCUT2D eigenvalue weighted by molar-refractivity contribution is 8.26. The zero-order chi connectivity index (χ0) is 25.8. The van der Waals surface area contributed by atoms with Crippen molar-refractivity contribution in [2.45, 2.75) is 72.6 Å². The summed E-state index contributed by atoms with van der Waals surface area (Å²) in [4.78, 5) is 36.5. The van der Waals surface area contributed by atoms with Gasteiger partial charge >= 0.3 is 0 Å². The van der Waals surface area contributed by atoms with Gasteiger partial charge in [-0.1, -0.05) is 82.9 Å². The van der Waals surface area contributed by atoms with Crippen molar-refractivity contribution in [1.82, 2.24) is 14.3 Å². The monoisotopic (exact) mass is 526 g/mol. The van der Waals surface area contributed by atoms with Crippen LogP contribution < -0.4 is 10.5 Å². The van der Waals surface area contributed by atoms with Crippen molar-refractivity contribution in [2.24, 2.45) is 11.8 Å². The molecule has 0 saturated carbocycles. The molecule has 4 rings (SSSR count). The zero-order valence-electron chi connectivity index (χ0n) is 22.0. The van der Waals surface area contributed by atoms with Gasteiger partial charge in [0.2, 0.25) is 0 Å². The highest BCUT2D eigenvalue weighted by Gasteiger charge is 2.33. The number of anilines is 1. The molecule has 1 amide bonds. The minimum absolute atomic E-state index is 0.0985. The third-order valence-corrected chi connectivity index (χ3v) is 8.49. The van der Waals surface area contributed by atoms with Gasteiger partial charge in [-0.3, -0.25) is 18.9 Å². The quantitative estimate of drug-likeness (QED) is 0.225. The highest BCUT2D eigenvalue weighted by Crippen LogP contribution is 2.35. The third kappa shape index (κ3) is 5.86. The number of rotatable bonds is 9. The molecule has 4 heterocycles. The number of hydrogen-bond donors (Lipinski definition) is 0. The molecule has 2 saturated heterocycles. The van der Waals surface area contributed by atoms with Gasteiger partial charge in [0.25, 0.3) is 11.5 Å². The lowest BCUT2D eigenvalue weighted by atomic mass is 9.91. The number of unbranched alkanes of at least 4 members (excludes halogenated alkanes) is 5. The van der Waals surface area contributed by atoms with E-state index in [1.54, 1.807) is 21.6 Å². The molecule has 2 aliphatic rings. The van der Waals surface area contributed by atoms with E-state index in [0.29, 0.717) is 44.6 Å². The van der Waals surface area contributed by atoms with Crippen LogP contribution in [0.2, 0.25) is 0 Å². The van der Waals surface area contributed by atoms with E-state index in [-0.39, 0.29) is 11.5 Å². The summed E-state index contributed by atoms with van der Waals surface area (Å²) in [7, 11) is 0. The van der Waals surface area contributed by atoms with Crippen molar-refractivity contribution in [1.29, 1.82) is 0 Å². The number of aromatic nitrogens is 2. The predicted octanol–water partition coefficient (Wildman–Crippen LogP) is 6.05. The lowest BCUT2D eigenvalue weighted by Crippen LogP contribution is -2.40. The van der Waals surface area contributed by atoms with Gasteiger partial charge in [0.05, 0.1) is 10.5 Å². The lowest BCUT2D eigenvalue weighted by molar-refractivity contribution is -0.122. The first-order chi connectivity index (χ1) is 17.3. The number of hydrogen-bond acceptors (Lipinski definition) is 6. The number of piperidine rings is 1. The van der Waals surface area contributed by atoms with E-state index in [0.717, 1.165) is 37.9 Å². The molecular weight excluding hydrogens is 488 g/mol. The summed E-state index contributed by atoms with van der Waals surface area (Å²) in [6.07, 6.45) is 11.6. The van der Waals surface area contributed by atoms with Gasteiger partial charge < -0.3 is 4.90 Å². The Kier molecular flexibility index (Phi) is 8.88. The fourth-order valence-electron chi connectivity index (χ4n) is 5.38. The number of pyridine rings is 1. The van der Waals surface area contributed by atoms with E-state index in [1.165, 1.54) is 37.4 Å². The normalized spacial score (nSPS) is 21.8. The molecule has 194 valence electrons. The van der Waals surface area contributed by atoms with Crippen molar-refractivity contribution >= 4 is 51.7 Å². The maximum Gasteiger partial charge on any atom is 0.267 e. The lowest BCUT2D eigenvalue weighted by Gasteiger charge is -2.36. The number of thiocarbonyl (C=S) groups is 1. The van der Waals surface area contributed by atoms with E-state index in [9.17, 15) is 9.59 Å². The fraction of sp³-hybridized carbons (Fsp3) is 0.571. The summed E-state index contributed by atoms with van der Waals surface area (Å²) >= 11 is 6.86. The average Bonchev–Trinajstić information content (AvgIpc) is 3.10. The molecule has 36 heavy (non-hydrogen) atoms. The van der Waals surface area contributed by atoms with Crippen LogP contribution in [-0.4, -0.2) is 44.1 Å². The second-order valence-corrected chi connectivity index (χ2v) is 12.2. The van der Waals surface area contributed by atoms with Crippen molar-refractivity contribution in [3.8, 4) is 0 Å². The van der Waals surface area contributed by atoms with Gasteiger partial charge in [0.1, 0.15) is 15.8 Å². The number of amides is 1. The van der Waals surface area contributed by atoms with Gasteiger partial charge in [-0.2, -0.15) is 0 Å². The van der Waals surface area contributed by atoms with Gasteiger partial charge in [0.15, 0.2) is 0 Å². The second-order valence-electron chi connectivity index (χ2n) is 10.5. The Balaban J connectivity index is 1.66. The van der Waals surface area contributed by atoms with Crippen molar-refractivity contribution < 1.29 is 4.79 Å². The van der Waals surface area contributed by atoms with E-state index >= 15 is 0 Å². The van der Waals surface area contributed by atoms with Crippen molar-refractivity contribution in [3.05, 3.63) is 44.7 Å². The second kappa shape index (κ2) is 11.9. The van der Waals surface area contributed by atoms with Crippen molar-refractivity contribution in [2.75, 3.05) is 24.5 Å². The molecule has 2 fully saturated rings. The van der Waals surface area contributed by atoms with Crippen LogP contribution in [0.4, 0.5) is 5.82 Å².